The van der Waals surface area contributed by atoms with E-state index in [0.29, 0.717) is 12.2 Å². The van der Waals surface area contributed by atoms with Crippen molar-refractivity contribution in [3.63, 3.8) is 0 Å². The first kappa shape index (κ1) is 14.7. The van der Waals surface area contributed by atoms with E-state index in [1.165, 1.54) is 4.90 Å². The number of sulfone groups is 1. The van der Waals surface area contributed by atoms with Crippen LogP contribution in [-0.4, -0.2) is 61.1 Å². The number of carbonyl (C=O) groups is 1. The fourth-order valence-electron chi connectivity index (χ4n) is 2.10. The molecule has 0 bridgehead atoms. The molecule has 1 unspecified atom stereocenters. The maximum absolute atomic E-state index is 11.7. The summed E-state index contributed by atoms with van der Waals surface area (Å²) in [4.78, 5) is 13.1. The Morgan fingerprint density at radius 3 is 2.65 bits per heavy atom. The normalized spacial score (nSPS) is 21.2. The fourth-order valence-corrected chi connectivity index (χ4v) is 3.73. The van der Waals surface area contributed by atoms with Crippen LogP contribution in [0.5, 0.6) is 0 Å². The van der Waals surface area contributed by atoms with Gasteiger partial charge < -0.3 is 10.2 Å². The molecule has 0 aromatic carbocycles. The van der Waals surface area contributed by atoms with Gasteiger partial charge in [-0.05, 0) is 25.0 Å². The zero-order valence-corrected chi connectivity index (χ0v) is 12.4. The van der Waals surface area contributed by atoms with Crippen LogP contribution in [0.3, 0.4) is 0 Å². The first-order chi connectivity index (χ1) is 9.37. The van der Waals surface area contributed by atoms with E-state index < -0.39 is 9.84 Å². The van der Waals surface area contributed by atoms with Crippen LogP contribution < -0.4 is 5.32 Å². The van der Waals surface area contributed by atoms with Gasteiger partial charge in [0, 0.05) is 20.1 Å². The molecule has 0 spiro atoms. The lowest BCUT2D eigenvalue weighted by Gasteiger charge is -2.23. The highest BCUT2D eigenvalue weighted by atomic mass is 32.2. The molecule has 0 aliphatic carbocycles. The molecule has 2 rings (SSSR count). The van der Waals surface area contributed by atoms with Crippen LogP contribution in [0.1, 0.15) is 23.3 Å². The summed E-state index contributed by atoms with van der Waals surface area (Å²) in [5.74, 6) is 0.645. The molecule has 1 atom stereocenters. The molecule has 0 saturated carbocycles. The van der Waals surface area contributed by atoms with E-state index in [4.69, 9.17) is 0 Å². The second kappa shape index (κ2) is 5.74. The maximum Gasteiger partial charge on any atom is 0.273 e. The summed E-state index contributed by atoms with van der Waals surface area (Å²) < 4.78 is 23.1. The quantitative estimate of drug-likeness (QED) is 0.855. The van der Waals surface area contributed by atoms with Gasteiger partial charge >= 0.3 is 0 Å². The van der Waals surface area contributed by atoms with Gasteiger partial charge in [0.25, 0.3) is 5.91 Å². The molecule has 0 radical (unpaired) electrons. The average Bonchev–Trinajstić information content (AvgIpc) is 2.37. The summed E-state index contributed by atoms with van der Waals surface area (Å²) >= 11 is 0. The Kier molecular flexibility index (Phi) is 4.22. The molecule has 2 heterocycles. The molecular weight excluding hydrogens is 280 g/mol. The first-order valence-corrected chi connectivity index (χ1v) is 8.22. The summed E-state index contributed by atoms with van der Waals surface area (Å²) in [6, 6.07) is 3.08. The van der Waals surface area contributed by atoms with Crippen LogP contribution in [0.25, 0.3) is 0 Å². The lowest BCUT2D eigenvalue weighted by Crippen LogP contribution is -2.35. The molecule has 1 aromatic rings. The third-order valence-electron chi connectivity index (χ3n) is 3.10. The molecule has 110 valence electrons. The van der Waals surface area contributed by atoms with Crippen molar-refractivity contribution in [1.29, 1.82) is 0 Å². The minimum Gasteiger partial charge on any atom is -0.365 e. The minimum atomic E-state index is -2.96. The van der Waals surface area contributed by atoms with Crippen molar-refractivity contribution in [2.24, 2.45) is 0 Å². The molecule has 1 aliphatic heterocycles. The van der Waals surface area contributed by atoms with Crippen LogP contribution in [-0.2, 0) is 9.84 Å². The zero-order chi connectivity index (χ0) is 14.8. The Balaban J connectivity index is 2.02. The van der Waals surface area contributed by atoms with Crippen LogP contribution >= 0.6 is 0 Å². The summed E-state index contributed by atoms with van der Waals surface area (Å²) in [6.07, 6.45) is 1.45. The van der Waals surface area contributed by atoms with Crippen molar-refractivity contribution in [2.75, 3.05) is 30.9 Å². The SMILES string of the molecule is CN(C)C(=O)c1ccc(NC2CCCS(=O)(=O)C2)nn1. The molecule has 8 heteroatoms. The van der Waals surface area contributed by atoms with Gasteiger partial charge in [-0.25, -0.2) is 8.42 Å². The van der Waals surface area contributed by atoms with E-state index in [9.17, 15) is 13.2 Å². The number of nitrogens with one attached hydrogen (secondary N) is 1. The van der Waals surface area contributed by atoms with E-state index in [-0.39, 0.29) is 29.1 Å². The Morgan fingerprint density at radius 2 is 2.10 bits per heavy atom. The molecule has 20 heavy (non-hydrogen) atoms. The van der Waals surface area contributed by atoms with Crippen LogP contribution in [0.15, 0.2) is 12.1 Å². The van der Waals surface area contributed by atoms with Crippen LogP contribution in [0.2, 0.25) is 0 Å². The summed E-state index contributed by atoms with van der Waals surface area (Å²) in [6.45, 7) is 0. The Morgan fingerprint density at radius 1 is 1.35 bits per heavy atom. The Bertz CT molecular complexity index is 583. The summed E-state index contributed by atoms with van der Waals surface area (Å²) in [5, 5.41) is 10.8. The molecular formula is C12H18N4O3S. The van der Waals surface area contributed by atoms with E-state index in [1.807, 2.05) is 0 Å². The van der Waals surface area contributed by atoms with E-state index >= 15 is 0 Å². The van der Waals surface area contributed by atoms with Crippen LogP contribution in [0.4, 0.5) is 5.82 Å². The highest BCUT2D eigenvalue weighted by Gasteiger charge is 2.24. The largest absolute Gasteiger partial charge is 0.365 e. The van der Waals surface area contributed by atoms with Gasteiger partial charge in [0.2, 0.25) is 0 Å². The molecule has 1 fully saturated rings. The number of rotatable bonds is 3. The van der Waals surface area contributed by atoms with E-state index in [2.05, 4.69) is 15.5 Å². The molecule has 7 nitrogen and oxygen atoms in total. The maximum atomic E-state index is 11.7. The predicted molar refractivity (Wildman–Crippen MR) is 75.3 cm³/mol. The second-order valence-electron chi connectivity index (χ2n) is 5.10. The highest BCUT2D eigenvalue weighted by Crippen LogP contribution is 2.16. The van der Waals surface area contributed by atoms with E-state index in [1.54, 1.807) is 26.2 Å². The lowest BCUT2D eigenvalue weighted by molar-refractivity contribution is 0.0821. The lowest BCUT2D eigenvalue weighted by atomic mass is 10.2. The molecule has 1 saturated heterocycles. The van der Waals surface area contributed by atoms with Gasteiger partial charge in [-0.15, -0.1) is 10.2 Å². The number of amides is 1. The molecule has 1 amide bonds. The summed E-state index contributed by atoms with van der Waals surface area (Å²) in [5.41, 5.74) is 0.261. The van der Waals surface area contributed by atoms with Gasteiger partial charge in [0.05, 0.1) is 11.5 Å². The molecule has 1 aromatic heterocycles. The van der Waals surface area contributed by atoms with Gasteiger partial charge in [-0.2, -0.15) is 0 Å². The number of carbonyl (C=O) groups excluding carboxylic acids is 1. The number of aromatic nitrogens is 2. The number of hydrogen-bond acceptors (Lipinski definition) is 6. The van der Waals surface area contributed by atoms with Crippen molar-refractivity contribution in [2.45, 2.75) is 18.9 Å². The van der Waals surface area contributed by atoms with Crippen LogP contribution in [0, 0.1) is 0 Å². The van der Waals surface area contributed by atoms with Gasteiger partial charge in [-0.3, -0.25) is 4.79 Å². The number of hydrogen-bond donors (Lipinski definition) is 1. The summed E-state index contributed by atoms with van der Waals surface area (Å²) in [7, 11) is 0.328. The zero-order valence-electron chi connectivity index (χ0n) is 11.5. The smallest absolute Gasteiger partial charge is 0.273 e. The van der Waals surface area contributed by atoms with Crippen molar-refractivity contribution >= 4 is 21.6 Å². The Hall–Kier alpha value is -1.70. The Labute approximate surface area is 118 Å². The molecule has 1 aliphatic rings. The second-order valence-corrected chi connectivity index (χ2v) is 7.33. The van der Waals surface area contributed by atoms with Crippen molar-refractivity contribution < 1.29 is 13.2 Å². The monoisotopic (exact) mass is 298 g/mol. The minimum absolute atomic E-state index is 0.118. The van der Waals surface area contributed by atoms with Crippen molar-refractivity contribution in [3.05, 3.63) is 17.8 Å². The van der Waals surface area contributed by atoms with Gasteiger partial charge in [-0.1, -0.05) is 0 Å². The first-order valence-electron chi connectivity index (χ1n) is 6.40. The third kappa shape index (κ3) is 3.66. The highest BCUT2D eigenvalue weighted by molar-refractivity contribution is 7.91. The third-order valence-corrected chi connectivity index (χ3v) is 4.93. The van der Waals surface area contributed by atoms with Gasteiger partial charge in [0.15, 0.2) is 15.5 Å². The fraction of sp³-hybridized carbons (Fsp3) is 0.583. The average molecular weight is 298 g/mol. The number of nitrogens with zero attached hydrogens (tertiary/aromatic N) is 3. The van der Waals surface area contributed by atoms with Gasteiger partial charge in [0.1, 0.15) is 5.82 Å². The van der Waals surface area contributed by atoms with E-state index in [0.717, 1.165) is 6.42 Å². The standard InChI is InChI=1S/C12H18N4O3S/c1-16(2)12(17)10-5-6-11(15-14-10)13-9-4-3-7-20(18,19)8-9/h5-6,9H,3-4,7-8H2,1-2H3,(H,13,15). The topological polar surface area (TPSA) is 92.3 Å². The predicted octanol–water partition coefficient (Wildman–Crippen LogP) is 0.167. The van der Waals surface area contributed by atoms with Crippen molar-refractivity contribution in [1.82, 2.24) is 15.1 Å². The number of anilines is 1. The van der Waals surface area contributed by atoms with Crippen molar-refractivity contribution in [3.8, 4) is 0 Å². The molecule has 1 N–H and O–H groups in total.